The minimum atomic E-state index is 0.345. The third kappa shape index (κ3) is 5.15. The summed E-state index contributed by atoms with van der Waals surface area (Å²) in [5.74, 6) is 0.345. The summed E-state index contributed by atoms with van der Waals surface area (Å²) in [5, 5.41) is 0. The van der Waals surface area contributed by atoms with Gasteiger partial charge in [-0.15, -0.1) is 0 Å². The number of likely N-dealkylation sites (tertiary alicyclic amines) is 1. The molecule has 6 heteroatoms. The average molecular weight is 338 g/mol. The Labute approximate surface area is 146 Å². The molecular formula is C18H34N4O2. The van der Waals surface area contributed by atoms with Gasteiger partial charge in [-0.05, 0) is 39.4 Å². The second-order valence-electron chi connectivity index (χ2n) is 7.51. The van der Waals surface area contributed by atoms with Gasteiger partial charge in [0.1, 0.15) is 0 Å². The third-order valence-electron chi connectivity index (χ3n) is 5.85. The molecule has 0 N–H and O–H groups in total. The Kier molecular flexibility index (Phi) is 6.89. The molecule has 0 bridgehead atoms. The van der Waals surface area contributed by atoms with Crippen LogP contribution >= 0.6 is 0 Å². The number of hydrogen-bond donors (Lipinski definition) is 0. The molecule has 1 atom stereocenters. The molecule has 0 unspecified atom stereocenters. The summed E-state index contributed by atoms with van der Waals surface area (Å²) in [5.41, 5.74) is 0. The molecular weight excluding hydrogens is 304 g/mol. The summed E-state index contributed by atoms with van der Waals surface area (Å²) in [6, 6.07) is 0.715. The van der Waals surface area contributed by atoms with Crippen LogP contribution in [0.2, 0.25) is 0 Å². The number of carbonyl (C=O) groups excluding carboxylic acids is 1. The second-order valence-corrected chi connectivity index (χ2v) is 7.51. The highest BCUT2D eigenvalue weighted by molar-refractivity contribution is 5.76. The maximum absolute atomic E-state index is 12.4. The Hall–Kier alpha value is -0.690. The van der Waals surface area contributed by atoms with Crippen LogP contribution in [0.25, 0.3) is 0 Å². The first-order valence-electron chi connectivity index (χ1n) is 9.73. The fraction of sp³-hybridized carbons (Fsp3) is 0.944. The molecule has 0 radical (unpaired) electrons. The molecule has 6 nitrogen and oxygen atoms in total. The van der Waals surface area contributed by atoms with Crippen LogP contribution in [0.5, 0.6) is 0 Å². The summed E-state index contributed by atoms with van der Waals surface area (Å²) < 4.78 is 5.47. The van der Waals surface area contributed by atoms with E-state index in [4.69, 9.17) is 4.74 Å². The largest absolute Gasteiger partial charge is 0.379 e. The van der Waals surface area contributed by atoms with Crippen molar-refractivity contribution in [2.24, 2.45) is 0 Å². The van der Waals surface area contributed by atoms with E-state index in [1.807, 2.05) is 4.90 Å². The van der Waals surface area contributed by atoms with Crippen LogP contribution in [0.15, 0.2) is 0 Å². The Morgan fingerprint density at radius 3 is 2.46 bits per heavy atom. The fourth-order valence-electron chi connectivity index (χ4n) is 4.14. The first-order chi connectivity index (χ1) is 11.7. The standard InChI is InChI=1S/C18H34N4O2/c1-19-9-11-22(12-10-19)18(23)5-8-20-6-2-3-17(4-7-20)21-13-15-24-16-14-21/h17H,2-16H2,1H3/t17-/m0/s1. The van der Waals surface area contributed by atoms with Crippen molar-refractivity contribution in [3.05, 3.63) is 0 Å². The van der Waals surface area contributed by atoms with Gasteiger partial charge in [-0.3, -0.25) is 9.69 Å². The van der Waals surface area contributed by atoms with Crippen molar-refractivity contribution in [2.45, 2.75) is 31.7 Å². The van der Waals surface area contributed by atoms with Crippen molar-refractivity contribution in [3.8, 4) is 0 Å². The first kappa shape index (κ1) is 18.1. The lowest BCUT2D eigenvalue weighted by atomic mass is 10.1. The minimum Gasteiger partial charge on any atom is -0.379 e. The highest BCUT2D eigenvalue weighted by atomic mass is 16.5. The van der Waals surface area contributed by atoms with Crippen LogP contribution < -0.4 is 0 Å². The Bertz CT molecular complexity index is 392. The van der Waals surface area contributed by atoms with Crippen LogP contribution in [0, 0.1) is 0 Å². The van der Waals surface area contributed by atoms with Gasteiger partial charge < -0.3 is 19.4 Å². The molecule has 0 spiro atoms. The minimum absolute atomic E-state index is 0.345. The number of piperazine rings is 1. The average Bonchev–Trinajstić information content (AvgIpc) is 2.87. The van der Waals surface area contributed by atoms with Crippen molar-refractivity contribution in [1.82, 2.24) is 19.6 Å². The molecule has 24 heavy (non-hydrogen) atoms. The number of hydrogen-bond acceptors (Lipinski definition) is 5. The molecule has 0 saturated carbocycles. The molecule has 0 aromatic carbocycles. The normalized spacial score (nSPS) is 28.7. The number of morpholine rings is 1. The molecule has 0 aromatic rings. The number of carbonyl (C=O) groups is 1. The molecule has 3 aliphatic heterocycles. The lowest BCUT2D eigenvalue weighted by molar-refractivity contribution is -0.133. The monoisotopic (exact) mass is 338 g/mol. The summed E-state index contributed by atoms with van der Waals surface area (Å²) >= 11 is 0. The Morgan fingerprint density at radius 1 is 0.958 bits per heavy atom. The molecule has 3 aliphatic rings. The molecule has 138 valence electrons. The SMILES string of the molecule is CN1CCN(C(=O)CCN2CCC[C@H](N3CCOCC3)CC2)CC1. The van der Waals surface area contributed by atoms with Crippen LogP contribution in [0.1, 0.15) is 25.7 Å². The van der Waals surface area contributed by atoms with E-state index in [2.05, 4.69) is 21.7 Å². The van der Waals surface area contributed by atoms with Crippen LogP contribution in [0.4, 0.5) is 0 Å². The smallest absolute Gasteiger partial charge is 0.223 e. The van der Waals surface area contributed by atoms with Gasteiger partial charge in [0.05, 0.1) is 13.2 Å². The van der Waals surface area contributed by atoms with E-state index in [0.717, 1.165) is 72.1 Å². The maximum atomic E-state index is 12.4. The molecule has 3 heterocycles. The topological polar surface area (TPSA) is 39.3 Å². The third-order valence-corrected chi connectivity index (χ3v) is 5.85. The van der Waals surface area contributed by atoms with Gasteiger partial charge in [0.15, 0.2) is 0 Å². The van der Waals surface area contributed by atoms with E-state index in [0.29, 0.717) is 18.4 Å². The van der Waals surface area contributed by atoms with E-state index in [1.165, 1.54) is 19.3 Å². The number of rotatable bonds is 4. The van der Waals surface area contributed by atoms with Gasteiger partial charge in [0.25, 0.3) is 0 Å². The number of ether oxygens (including phenoxy) is 1. The zero-order valence-electron chi connectivity index (χ0n) is 15.3. The van der Waals surface area contributed by atoms with Crippen molar-refractivity contribution < 1.29 is 9.53 Å². The molecule has 0 aromatic heterocycles. The van der Waals surface area contributed by atoms with Crippen LogP contribution in [-0.2, 0) is 9.53 Å². The summed E-state index contributed by atoms with van der Waals surface area (Å²) in [4.78, 5) is 21.9. The Morgan fingerprint density at radius 2 is 1.71 bits per heavy atom. The van der Waals surface area contributed by atoms with E-state index < -0.39 is 0 Å². The zero-order chi connectivity index (χ0) is 16.8. The predicted octanol–water partition coefficient (Wildman–Crippen LogP) is 0.337. The van der Waals surface area contributed by atoms with Gasteiger partial charge in [0.2, 0.25) is 5.91 Å². The van der Waals surface area contributed by atoms with Gasteiger partial charge >= 0.3 is 0 Å². The summed E-state index contributed by atoms with van der Waals surface area (Å²) in [7, 11) is 2.13. The van der Waals surface area contributed by atoms with Gasteiger partial charge in [-0.1, -0.05) is 0 Å². The van der Waals surface area contributed by atoms with Crippen molar-refractivity contribution in [2.75, 3.05) is 79.2 Å². The predicted molar refractivity (Wildman–Crippen MR) is 95.2 cm³/mol. The highest BCUT2D eigenvalue weighted by Crippen LogP contribution is 2.18. The van der Waals surface area contributed by atoms with Crippen molar-refractivity contribution in [1.29, 1.82) is 0 Å². The maximum Gasteiger partial charge on any atom is 0.223 e. The lowest BCUT2D eigenvalue weighted by Gasteiger charge is -2.34. The van der Waals surface area contributed by atoms with Crippen LogP contribution in [0.3, 0.4) is 0 Å². The quantitative estimate of drug-likeness (QED) is 0.739. The lowest BCUT2D eigenvalue weighted by Crippen LogP contribution is -2.47. The van der Waals surface area contributed by atoms with E-state index in [1.54, 1.807) is 0 Å². The van der Waals surface area contributed by atoms with Gasteiger partial charge in [-0.25, -0.2) is 0 Å². The molecule has 3 saturated heterocycles. The van der Waals surface area contributed by atoms with E-state index in [9.17, 15) is 4.79 Å². The van der Waals surface area contributed by atoms with Crippen LogP contribution in [-0.4, -0.2) is 111 Å². The number of likely N-dealkylation sites (N-methyl/N-ethyl adjacent to an activating group) is 1. The van der Waals surface area contributed by atoms with E-state index in [-0.39, 0.29) is 0 Å². The summed E-state index contributed by atoms with van der Waals surface area (Å²) in [6.07, 6.45) is 4.47. The zero-order valence-corrected chi connectivity index (χ0v) is 15.3. The Balaban J connectivity index is 1.37. The van der Waals surface area contributed by atoms with Crippen molar-refractivity contribution in [3.63, 3.8) is 0 Å². The van der Waals surface area contributed by atoms with E-state index >= 15 is 0 Å². The van der Waals surface area contributed by atoms with Gasteiger partial charge in [0, 0.05) is 58.3 Å². The van der Waals surface area contributed by atoms with Crippen molar-refractivity contribution >= 4 is 5.91 Å². The first-order valence-corrected chi connectivity index (χ1v) is 9.73. The highest BCUT2D eigenvalue weighted by Gasteiger charge is 2.25. The number of nitrogens with zero attached hydrogens (tertiary/aromatic N) is 4. The van der Waals surface area contributed by atoms with Gasteiger partial charge in [-0.2, -0.15) is 0 Å². The molecule has 1 amide bonds. The summed E-state index contributed by atoms with van der Waals surface area (Å²) in [6.45, 7) is 11.0. The fourth-order valence-corrected chi connectivity index (χ4v) is 4.14. The molecule has 3 rings (SSSR count). The second kappa shape index (κ2) is 9.13. The molecule has 3 fully saturated rings. The number of amides is 1. The molecule has 0 aliphatic carbocycles.